The molecule has 0 aliphatic carbocycles. The third kappa shape index (κ3) is 4.70. The number of rotatable bonds is 4. The molecule has 0 fully saturated rings. The molecule has 138 valence electrons. The first-order valence-corrected chi connectivity index (χ1v) is 9.90. The topological polar surface area (TPSA) is 36.1 Å². The van der Waals surface area contributed by atoms with E-state index in [0.29, 0.717) is 17.8 Å². The largest absolute Gasteiger partial charge is 0.361 e. The molecule has 0 amide bonds. The van der Waals surface area contributed by atoms with Crippen LogP contribution in [0.1, 0.15) is 21.8 Å². The van der Waals surface area contributed by atoms with E-state index in [4.69, 9.17) is 11.6 Å². The van der Waals surface area contributed by atoms with E-state index >= 15 is 0 Å². The van der Waals surface area contributed by atoms with Crippen molar-refractivity contribution in [3.63, 3.8) is 0 Å². The van der Waals surface area contributed by atoms with Gasteiger partial charge in [-0.25, -0.2) is 0 Å². The Balaban J connectivity index is 1.72. The second kappa shape index (κ2) is 8.58. The van der Waals surface area contributed by atoms with Crippen molar-refractivity contribution in [3.05, 3.63) is 78.9 Å². The zero-order valence-electron chi connectivity index (χ0n) is 15.6. The second-order valence-corrected chi connectivity index (χ2v) is 7.93. The van der Waals surface area contributed by atoms with Gasteiger partial charge in [-0.2, -0.15) is 0 Å². The summed E-state index contributed by atoms with van der Waals surface area (Å²) in [6.07, 6.45) is 0. The maximum Gasteiger partial charge on any atom is 0.208 e. The van der Waals surface area contributed by atoms with Gasteiger partial charge in [0.2, 0.25) is 5.43 Å². The summed E-state index contributed by atoms with van der Waals surface area (Å²) in [6, 6.07) is 11.9. The van der Waals surface area contributed by atoms with Gasteiger partial charge in [0, 0.05) is 33.9 Å². The Morgan fingerprint density at radius 1 is 1.15 bits per heavy atom. The molecule has 0 atom stereocenters. The molecule has 5 heteroatoms. The van der Waals surface area contributed by atoms with Gasteiger partial charge < -0.3 is 4.98 Å². The molecule has 0 unspecified atom stereocenters. The van der Waals surface area contributed by atoms with Crippen LogP contribution in [0.15, 0.2) is 46.6 Å². The number of benzene rings is 1. The quantitative estimate of drug-likeness (QED) is 0.639. The summed E-state index contributed by atoms with van der Waals surface area (Å²) in [5.74, 6) is 6.39. The lowest BCUT2D eigenvalue weighted by atomic mass is 10.0. The molecule has 0 aliphatic rings. The summed E-state index contributed by atoms with van der Waals surface area (Å²) < 4.78 is 0. The lowest BCUT2D eigenvalue weighted by Gasteiger charge is -2.11. The highest BCUT2D eigenvalue weighted by Gasteiger charge is 2.12. The monoisotopic (exact) mass is 396 g/mol. The van der Waals surface area contributed by atoms with Crippen molar-refractivity contribution in [2.75, 3.05) is 13.6 Å². The van der Waals surface area contributed by atoms with E-state index in [1.54, 1.807) is 18.3 Å². The molecule has 2 heterocycles. The van der Waals surface area contributed by atoms with Crippen molar-refractivity contribution >= 4 is 22.9 Å². The Kier molecular flexibility index (Phi) is 6.18. The zero-order valence-corrected chi connectivity index (χ0v) is 17.2. The minimum atomic E-state index is -0.139. The van der Waals surface area contributed by atoms with Crippen LogP contribution in [0.2, 0.25) is 5.02 Å². The van der Waals surface area contributed by atoms with Crippen LogP contribution in [0, 0.1) is 25.7 Å². The van der Waals surface area contributed by atoms with E-state index in [-0.39, 0.29) is 10.5 Å². The normalized spacial score (nSPS) is 10.7. The highest BCUT2D eigenvalue weighted by molar-refractivity contribution is 7.09. The maximum absolute atomic E-state index is 12.5. The summed E-state index contributed by atoms with van der Waals surface area (Å²) in [7, 11) is 2.06. The predicted octanol–water partition coefficient (Wildman–Crippen LogP) is 4.86. The van der Waals surface area contributed by atoms with Gasteiger partial charge >= 0.3 is 0 Å². The van der Waals surface area contributed by atoms with E-state index in [1.165, 1.54) is 4.88 Å². The Morgan fingerprint density at radius 2 is 1.89 bits per heavy atom. The standard InChI is InChI=1S/C22H21ClN2OS/c1-15-20(22(26)21(23)16(2)24-15)18-10-8-17(9-11-18)6-4-12-25(3)14-19-7-5-13-27-19/h5,7-11,13H,12,14H2,1-3H3,(H,24,26). The number of nitrogens with zero attached hydrogens (tertiary/aromatic N) is 1. The van der Waals surface area contributed by atoms with Crippen LogP contribution < -0.4 is 5.43 Å². The second-order valence-electron chi connectivity index (χ2n) is 6.52. The Labute approximate surface area is 168 Å². The number of H-pyrrole nitrogens is 1. The molecule has 0 saturated carbocycles. The number of hydrogen-bond donors (Lipinski definition) is 1. The van der Waals surface area contributed by atoms with Gasteiger partial charge in [0.05, 0.1) is 6.54 Å². The van der Waals surface area contributed by atoms with Gasteiger partial charge in [0.1, 0.15) is 5.02 Å². The summed E-state index contributed by atoms with van der Waals surface area (Å²) in [4.78, 5) is 19.2. The van der Waals surface area contributed by atoms with Crippen molar-refractivity contribution in [1.82, 2.24) is 9.88 Å². The maximum atomic E-state index is 12.5. The highest BCUT2D eigenvalue weighted by atomic mass is 35.5. The molecular weight excluding hydrogens is 376 g/mol. The van der Waals surface area contributed by atoms with Crippen LogP contribution in [0.4, 0.5) is 0 Å². The molecule has 0 saturated heterocycles. The van der Waals surface area contributed by atoms with Crippen molar-refractivity contribution in [3.8, 4) is 23.0 Å². The van der Waals surface area contributed by atoms with Crippen LogP contribution in [0.5, 0.6) is 0 Å². The predicted molar refractivity (Wildman–Crippen MR) is 115 cm³/mol. The van der Waals surface area contributed by atoms with Crippen molar-refractivity contribution in [2.24, 2.45) is 0 Å². The van der Waals surface area contributed by atoms with E-state index < -0.39 is 0 Å². The first kappa shape index (κ1) is 19.4. The average Bonchev–Trinajstić information content (AvgIpc) is 3.14. The fourth-order valence-corrected chi connectivity index (χ4v) is 3.84. The molecule has 3 nitrogen and oxygen atoms in total. The molecule has 0 spiro atoms. The number of hydrogen-bond acceptors (Lipinski definition) is 3. The molecule has 0 bridgehead atoms. The highest BCUT2D eigenvalue weighted by Crippen LogP contribution is 2.22. The van der Waals surface area contributed by atoms with Gasteiger partial charge in [-0.1, -0.05) is 41.6 Å². The van der Waals surface area contributed by atoms with Crippen molar-refractivity contribution in [1.29, 1.82) is 0 Å². The molecule has 0 aliphatic heterocycles. The zero-order chi connectivity index (χ0) is 19.4. The van der Waals surface area contributed by atoms with Crippen LogP contribution in [-0.2, 0) is 6.54 Å². The van der Waals surface area contributed by atoms with Crippen molar-refractivity contribution < 1.29 is 0 Å². The third-order valence-electron chi connectivity index (χ3n) is 4.27. The lowest BCUT2D eigenvalue weighted by Crippen LogP contribution is -2.17. The number of aryl methyl sites for hydroxylation is 2. The molecule has 0 radical (unpaired) electrons. The Hall–Kier alpha value is -2.32. The molecule has 1 N–H and O–H groups in total. The first-order chi connectivity index (χ1) is 13.0. The van der Waals surface area contributed by atoms with Gasteiger partial charge in [-0.3, -0.25) is 9.69 Å². The van der Waals surface area contributed by atoms with Crippen LogP contribution in [-0.4, -0.2) is 23.5 Å². The Bertz CT molecular complexity index is 1040. The molecular formula is C22H21ClN2OS. The summed E-state index contributed by atoms with van der Waals surface area (Å²) >= 11 is 7.87. The van der Waals surface area contributed by atoms with E-state index in [2.05, 4.69) is 46.3 Å². The lowest BCUT2D eigenvalue weighted by molar-refractivity contribution is 0.372. The van der Waals surface area contributed by atoms with E-state index in [1.807, 2.05) is 31.2 Å². The van der Waals surface area contributed by atoms with Gasteiger partial charge in [0.15, 0.2) is 0 Å². The number of aromatic amines is 1. The number of nitrogens with one attached hydrogen (secondary N) is 1. The minimum absolute atomic E-state index is 0.139. The summed E-state index contributed by atoms with van der Waals surface area (Å²) in [5, 5.41) is 2.33. The summed E-state index contributed by atoms with van der Waals surface area (Å²) in [6.45, 7) is 5.29. The van der Waals surface area contributed by atoms with Gasteiger partial charge in [0.25, 0.3) is 0 Å². The van der Waals surface area contributed by atoms with Crippen LogP contribution >= 0.6 is 22.9 Å². The van der Waals surface area contributed by atoms with Crippen LogP contribution in [0.3, 0.4) is 0 Å². The number of aromatic nitrogens is 1. The number of pyridine rings is 1. The molecule has 27 heavy (non-hydrogen) atoms. The third-order valence-corrected chi connectivity index (χ3v) is 5.58. The smallest absolute Gasteiger partial charge is 0.208 e. The molecule has 1 aromatic carbocycles. The van der Waals surface area contributed by atoms with E-state index in [9.17, 15) is 4.79 Å². The number of thiophene rings is 1. The van der Waals surface area contributed by atoms with Crippen molar-refractivity contribution in [2.45, 2.75) is 20.4 Å². The average molecular weight is 397 g/mol. The minimum Gasteiger partial charge on any atom is -0.361 e. The fourth-order valence-electron chi connectivity index (χ4n) is 2.92. The molecule has 2 aromatic heterocycles. The van der Waals surface area contributed by atoms with Gasteiger partial charge in [-0.05, 0) is 50.0 Å². The van der Waals surface area contributed by atoms with E-state index in [0.717, 1.165) is 23.4 Å². The van der Waals surface area contributed by atoms with Crippen LogP contribution in [0.25, 0.3) is 11.1 Å². The van der Waals surface area contributed by atoms with Gasteiger partial charge in [-0.15, -0.1) is 11.3 Å². The number of halogens is 1. The first-order valence-electron chi connectivity index (χ1n) is 8.65. The fraction of sp³-hybridized carbons (Fsp3) is 0.227. The molecule has 3 aromatic rings. The Morgan fingerprint density at radius 3 is 2.56 bits per heavy atom. The molecule has 3 rings (SSSR count). The summed E-state index contributed by atoms with van der Waals surface area (Å²) in [5.41, 5.74) is 3.75. The SMILES string of the molecule is Cc1[nH]c(C)c(-c2ccc(C#CCN(C)Cc3cccs3)cc2)c(=O)c1Cl.